The first-order valence-electron chi connectivity index (χ1n) is 10.7. The molecule has 3 rings (SSSR count). The van der Waals surface area contributed by atoms with Gasteiger partial charge in [-0.05, 0) is 62.1 Å². The molecule has 2 N–H and O–H groups in total. The fourth-order valence-corrected chi connectivity index (χ4v) is 3.90. The van der Waals surface area contributed by atoms with Crippen molar-refractivity contribution in [2.75, 3.05) is 19.6 Å². The number of amides is 3. The third-order valence-corrected chi connectivity index (χ3v) is 5.66. The number of piperidine rings is 1. The van der Waals surface area contributed by atoms with Crippen molar-refractivity contribution >= 4 is 17.7 Å². The van der Waals surface area contributed by atoms with Gasteiger partial charge in [-0.15, -0.1) is 6.58 Å². The quantitative estimate of drug-likeness (QED) is 0.654. The topological polar surface area (TPSA) is 78.5 Å². The van der Waals surface area contributed by atoms with Gasteiger partial charge in [-0.1, -0.05) is 23.8 Å². The Morgan fingerprint density at radius 3 is 2.44 bits per heavy atom. The van der Waals surface area contributed by atoms with E-state index in [1.165, 1.54) is 24.3 Å². The van der Waals surface area contributed by atoms with Crippen molar-refractivity contribution in [1.82, 2.24) is 15.5 Å². The van der Waals surface area contributed by atoms with Gasteiger partial charge in [0.25, 0.3) is 11.8 Å². The molecule has 1 atom stereocenters. The Hall–Kier alpha value is -3.48. The van der Waals surface area contributed by atoms with Crippen molar-refractivity contribution in [1.29, 1.82) is 0 Å². The third-order valence-electron chi connectivity index (χ3n) is 5.66. The maximum Gasteiger partial charge on any atom is 0.253 e. The second-order valence-electron chi connectivity index (χ2n) is 7.99. The van der Waals surface area contributed by atoms with E-state index in [1.807, 2.05) is 13.0 Å². The van der Waals surface area contributed by atoms with E-state index < -0.39 is 11.9 Å². The van der Waals surface area contributed by atoms with Crippen LogP contribution in [0.1, 0.15) is 39.1 Å². The van der Waals surface area contributed by atoms with Crippen molar-refractivity contribution in [3.63, 3.8) is 0 Å². The summed E-state index contributed by atoms with van der Waals surface area (Å²) in [6.07, 6.45) is 2.71. The molecule has 32 heavy (non-hydrogen) atoms. The molecule has 1 fully saturated rings. The number of nitrogens with zero attached hydrogens (tertiary/aromatic N) is 1. The van der Waals surface area contributed by atoms with Gasteiger partial charge < -0.3 is 15.5 Å². The molecule has 0 saturated carbocycles. The maximum atomic E-state index is 13.1. The van der Waals surface area contributed by atoms with Gasteiger partial charge in [0, 0.05) is 30.8 Å². The summed E-state index contributed by atoms with van der Waals surface area (Å²) in [5.41, 5.74) is 1.88. The van der Waals surface area contributed by atoms with Gasteiger partial charge in [0.15, 0.2) is 0 Å². The smallest absolute Gasteiger partial charge is 0.253 e. The molecule has 168 valence electrons. The number of likely N-dealkylation sites (tertiary alicyclic amines) is 1. The largest absolute Gasteiger partial charge is 0.351 e. The zero-order valence-corrected chi connectivity index (χ0v) is 18.1. The van der Waals surface area contributed by atoms with Crippen LogP contribution < -0.4 is 10.6 Å². The van der Waals surface area contributed by atoms with Crippen molar-refractivity contribution in [2.45, 2.75) is 25.8 Å². The number of nitrogens with one attached hydrogen (secondary N) is 2. The molecular formula is C25H28FN3O3. The molecule has 1 aliphatic rings. The predicted octanol–water partition coefficient (Wildman–Crippen LogP) is 3.09. The first-order chi connectivity index (χ1) is 15.4. The van der Waals surface area contributed by atoms with E-state index in [1.54, 1.807) is 29.2 Å². The van der Waals surface area contributed by atoms with E-state index in [4.69, 9.17) is 0 Å². The van der Waals surface area contributed by atoms with Crippen LogP contribution in [0.15, 0.2) is 61.2 Å². The van der Waals surface area contributed by atoms with Crippen LogP contribution in [0, 0.1) is 18.7 Å². The average Bonchev–Trinajstić information content (AvgIpc) is 2.81. The van der Waals surface area contributed by atoms with Gasteiger partial charge in [0.2, 0.25) is 5.91 Å². The highest BCUT2D eigenvalue weighted by Gasteiger charge is 2.34. The van der Waals surface area contributed by atoms with Crippen LogP contribution in [0.2, 0.25) is 0 Å². The molecule has 2 aromatic rings. The van der Waals surface area contributed by atoms with E-state index in [2.05, 4.69) is 17.2 Å². The fraction of sp³-hybridized carbons (Fsp3) is 0.320. The Kier molecular flexibility index (Phi) is 7.76. The first kappa shape index (κ1) is 23.2. The second-order valence-corrected chi connectivity index (χ2v) is 7.99. The number of aryl methyl sites for hydroxylation is 1. The summed E-state index contributed by atoms with van der Waals surface area (Å²) in [7, 11) is 0. The number of carbonyl (C=O) groups is 3. The monoisotopic (exact) mass is 437 g/mol. The summed E-state index contributed by atoms with van der Waals surface area (Å²) in [5.74, 6) is -1.25. The number of hydrogen-bond donors (Lipinski definition) is 2. The second kappa shape index (κ2) is 10.7. The summed E-state index contributed by atoms with van der Waals surface area (Å²) in [5, 5.41) is 5.67. The van der Waals surface area contributed by atoms with E-state index in [0.29, 0.717) is 43.6 Å². The van der Waals surface area contributed by atoms with Crippen molar-refractivity contribution < 1.29 is 18.8 Å². The lowest BCUT2D eigenvalue weighted by Gasteiger charge is -2.35. The Bertz CT molecular complexity index is 982. The first-order valence-corrected chi connectivity index (χ1v) is 10.7. The molecule has 0 bridgehead atoms. The van der Waals surface area contributed by atoms with Gasteiger partial charge in [0.05, 0.1) is 0 Å². The number of halogens is 1. The zero-order chi connectivity index (χ0) is 23.1. The van der Waals surface area contributed by atoms with E-state index in [-0.39, 0.29) is 23.6 Å². The minimum Gasteiger partial charge on any atom is -0.351 e. The van der Waals surface area contributed by atoms with Crippen LogP contribution in [0.5, 0.6) is 0 Å². The van der Waals surface area contributed by atoms with E-state index >= 15 is 0 Å². The summed E-state index contributed by atoms with van der Waals surface area (Å²) < 4.78 is 13.1. The van der Waals surface area contributed by atoms with E-state index in [9.17, 15) is 18.8 Å². The molecule has 2 aromatic carbocycles. The van der Waals surface area contributed by atoms with E-state index in [0.717, 1.165) is 5.56 Å². The summed E-state index contributed by atoms with van der Waals surface area (Å²) >= 11 is 0. The third kappa shape index (κ3) is 5.81. The molecule has 0 aromatic heterocycles. The van der Waals surface area contributed by atoms with Crippen LogP contribution in [0.4, 0.5) is 4.39 Å². The van der Waals surface area contributed by atoms with Gasteiger partial charge in [-0.2, -0.15) is 0 Å². The Morgan fingerprint density at radius 1 is 1.12 bits per heavy atom. The lowest BCUT2D eigenvalue weighted by atomic mass is 9.88. The number of benzene rings is 2. The molecule has 3 amide bonds. The normalized spacial score (nSPS) is 15.0. The van der Waals surface area contributed by atoms with Gasteiger partial charge in [-0.25, -0.2) is 4.39 Å². The van der Waals surface area contributed by atoms with Crippen LogP contribution in [-0.2, 0) is 4.79 Å². The van der Waals surface area contributed by atoms with Crippen LogP contribution in [0.25, 0.3) is 0 Å². The van der Waals surface area contributed by atoms with Gasteiger partial charge >= 0.3 is 0 Å². The highest BCUT2D eigenvalue weighted by atomic mass is 19.1. The highest BCUT2D eigenvalue weighted by molar-refractivity contribution is 5.98. The van der Waals surface area contributed by atoms with Crippen LogP contribution >= 0.6 is 0 Å². The average molecular weight is 438 g/mol. The number of carbonyl (C=O) groups excluding carboxylic acids is 3. The lowest BCUT2D eigenvalue weighted by Crippen LogP contribution is -2.53. The molecule has 1 saturated heterocycles. The Labute approximate surface area is 187 Å². The minimum atomic E-state index is -0.717. The molecule has 1 heterocycles. The summed E-state index contributed by atoms with van der Waals surface area (Å²) in [6.45, 7) is 6.72. The molecule has 1 aliphatic heterocycles. The number of hydrogen-bond acceptors (Lipinski definition) is 3. The Balaban J connectivity index is 1.68. The SMILES string of the molecule is C=CCNC(=O)[C@@H](NC(=O)c1cccc(C)c1)C1CCN(C(=O)c2ccc(F)cc2)CC1. The van der Waals surface area contributed by atoms with Crippen molar-refractivity contribution in [3.8, 4) is 0 Å². The Morgan fingerprint density at radius 2 is 1.81 bits per heavy atom. The van der Waals surface area contributed by atoms with Crippen LogP contribution in [0.3, 0.4) is 0 Å². The van der Waals surface area contributed by atoms with Crippen LogP contribution in [-0.4, -0.2) is 48.3 Å². The fourth-order valence-electron chi connectivity index (χ4n) is 3.90. The zero-order valence-electron chi connectivity index (χ0n) is 18.1. The summed E-state index contributed by atoms with van der Waals surface area (Å²) in [4.78, 5) is 40.0. The molecule has 0 aliphatic carbocycles. The standard InChI is InChI=1S/C25H28FN3O3/c1-3-13-27-24(31)22(28-23(30)20-6-4-5-17(2)16-20)18-11-14-29(15-12-18)25(32)19-7-9-21(26)10-8-19/h3-10,16,18,22H,1,11-15H2,2H3,(H,27,31)(H,28,30)/t22-/m0/s1. The van der Waals surface area contributed by atoms with Crippen molar-refractivity contribution in [3.05, 3.63) is 83.7 Å². The maximum absolute atomic E-state index is 13.1. The lowest BCUT2D eigenvalue weighted by molar-refractivity contribution is -0.124. The molecule has 0 spiro atoms. The van der Waals surface area contributed by atoms with Crippen molar-refractivity contribution in [2.24, 2.45) is 5.92 Å². The van der Waals surface area contributed by atoms with Gasteiger partial charge in [0.1, 0.15) is 11.9 Å². The number of rotatable bonds is 7. The molecular weight excluding hydrogens is 409 g/mol. The molecule has 0 unspecified atom stereocenters. The summed E-state index contributed by atoms with van der Waals surface area (Å²) in [6, 6.07) is 11.9. The minimum absolute atomic E-state index is 0.120. The molecule has 0 radical (unpaired) electrons. The molecule has 7 heteroatoms. The van der Waals surface area contributed by atoms with Gasteiger partial charge in [-0.3, -0.25) is 14.4 Å². The molecule has 6 nitrogen and oxygen atoms in total. The highest BCUT2D eigenvalue weighted by Crippen LogP contribution is 2.23. The predicted molar refractivity (Wildman–Crippen MR) is 121 cm³/mol.